The summed E-state index contributed by atoms with van der Waals surface area (Å²) in [7, 11) is 3.00. The topological polar surface area (TPSA) is 73.1 Å². The number of benzene rings is 2. The standard InChI is InChI=1S/C21H20N2O4/c1-25-19-9-4-3-6-17(19)13-22-23-14-18-10-11-20(27-18)15-7-5-8-16(12-15)21(24)26-2/h3-12,14,22H,13H2,1-2H3/b23-14-. The predicted molar refractivity (Wildman–Crippen MR) is 103 cm³/mol. The predicted octanol–water partition coefficient (Wildman–Crippen LogP) is 3.87. The highest BCUT2D eigenvalue weighted by molar-refractivity contribution is 5.90. The van der Waals surface area contributed by atoms with Gasteiger partial charge in [0.15, 0.2) is 0 Å². The Morgan fingerprint density at radius 3 is 2.78 bits per heavy atom. The van der Waals surface area contributed by atoms with E-state index in [0.717, 1.165) is 16.9 Å². The molecule has 27 heavy (non-hydrogen) atoms. The molecule has 0 atom stereocenters. The van der Waals surface area contributed by atoms with E-state index in [-0.39, 0.29) is 5.97 Å². The average Bonchev–Trinajstić information content (AvgIpc) is 3.20. The Hall–Kier alpha value is -3.54. The molecule has 0 aliphatic heterocycles. The van der Waals surface area contributed by atoms with Crippen LogP contribution in [0.3, 0.4) is 0 Å². The van der Waals surface area contributed by atoms with Gasteiger partial charge in [-0.25, -0.2) is 4.79 Å². The van der Waals surface area contributed by atoms with E-state index in [1.54, 1.807) is 31.5 Å². The molecule has 2 aromatic carbocycles. The highest BCUT2D eigenvalue weighted by Crippen LogP contribution is 2.23. The van der Waals surface area contributed by atoms with Crippen LogP contribution in [-0.4, -0.2) is 26.4 Å². The molecule has 0 aliphatic carbocycles. The number of hydrogen-bond acceptors (Lipinski definition) is 6. The van der Waals surface area contributed by atoms with Crippen LogP contribution in [0.25, 0.3) is 11.3 Å². The number of nitrogens with one attached hydrogen (secondary N) is 1. The molecule has 1 aromatic heterocycles. The van der Waals surface area contributed by atoms with Crippen LogP contribution in [0.1, 0.15) is 21.7 Å². The molecule has 0 amide bonds. The molecule has 1 N–H and O–H groups in total. The average molecular weight is 364 g/mol. The molecule has 0 bridgehead atoms. The minimum absolute atomic E-state index is 0.384. The number of nitrogens with zero attached hydrogens (tertiary/aromatic N) is 1. The summed E-state index contributed by atoms with van der Waals surface area (Å²) in [6.07, 6.45) is 1.60. The van der Waals surface area contributed by atoms with E-state index < -0.39 is 0 Å². The summed E-state index contributed by atoms with van der Waals surface area (Å²) >= 11 is 0. The maximum Gasteiger partial charge on any atom is 0.337 e. The van der Waals surface area contributed by atoms with E-state index in [1.165, 1.54) is 7.11 Å². The van der Waals surface area contributed by atoms with Crippen molar-refractivity contribution in [2.45, 2.75) is 6.54 Å². The summed E-state index contributed by atoms with van der Waals surface area (Å²) in [6, 6.07) is 18.5. The van der Waals surface area contributed by atoms with E-state index in [1.807, 2.05) is 42.5 Å². The largest absolute Gasteiger partial charge is 0.496 e. The summed E-state index contributed by atoms with van der Waals surface area (Å²) in [4.78, 5) is 11.6. The van der Waals surface area contributed by atoms with Crippen molar-refractivity contribution in [3.8, 4) is 17.1 Å². The minimum atomic E-state index is -0.384. The van der Waals surface area contributed by atoms with Gasteiger partial charge in [0.2, 0.25) is 0 Å². The molecule has 3 aromatic rings. The number of carbonyl (C=O) groups is 1. The molecular weight excluding hydrogens is 344 g/mol. The number of methoxy groups -OCH3 is 2. The highest BCUT2D eigenvalue weighted by Gasteiger charge is 2.09. The van der Waals surface area contributed by atoms with Gasteiger partial charge in [0.05, 0.1) is 32.5 Å². The Morgan fingerprint density at radius 2 is 1.96 bits per heavy atom. The maximum absolute atomic E-state index is 11.6. The van der Waals surface area contributed by atoms with Crippen molar-refractivity contribution in [2.24, 2.45) is 5.10 Å². The molecule has 3 rings (SSSR count). The van der Waals surface area contributed by atoms with Crippen molar-refractivity contribution < 1.29 is 18.7 Å². The molecule has 6 nitrogen and oxygen atoms in total. The van der Waals surface area contributed by atoms with Gasteiger partial charge < -0.3 is 19.3 Å². The SMILES string of the molecule is COC(=O)c1cccc(-c2ccc(/C=N\NCc3ccccc3OC)o2)c1. The summed E-state index contributed by atoms with van der Waals surface area (Å²) in [5, 5.41) is 4.18. The van der Waals surface area contributed by atoms with Crippen molar-refractivity contribution in [1.82, 2.24) is 5.43 Å². The Balaban J connectivity index is 1.64. The molecule has 0 aliphatic rings. The first-order chi connectivity index (χ1) is 13.2. The van der Waals surface area contributed by atoms with Gasteiger partial charge in [-0.2, -0.15) is 5.10 Å². The number of furan rings is 1. The second-order valence-corrected chi connectivity index (χ2v) is 5.68. The molecule has 0 radical (unpaired) electrons. The number of hydrogen-bond donors (Lipinski definition) is 1. The van der Waals surface area contributed by atoms with Gasteiger partial charge in [0.25, 0.3) is 0 Å². The monoisotopic (exact) mass is 364 g/mol. The quantitative estimate of drug-likeness (QED) is 0.391. The van der Waals surface area contributed by atoms with Crippen LogP contribution in [0.5, 0.6) is 5.75 Å². The van der Waals surface area contributed by atoms with Crippen molar-refractivity contribution in [3.05, 3.63) is 77.6 Å². The Kier molecular flexibility index (Phi) is 5.89. The van der Waals surface area contributed by atoms with Gasteiger partial charge in [-0.3, -0.25) is 0 Å². The van der Waals surface area contributed by atoms with Gasteiger partial charge in [-0.15, -0.1) is 0 Å². The first-order valence-electron chi connectivity index (χ1n) is 8.37. The number of hydrazone groups is 1. The molecule has 1 heterocycles. The molecule has 0 fully saturated rings. The third-order valence-electron chi connectivity index (χ3n) is 3.94. The molecule has 138 valence electrons. The van der Waals surface area contributed by atoms with Gasteiger partial charge in [0, 0.05) is 11.1 Å². The van der Waals surface area contributed by atoms with Crippen LogP contribution in [0.15, 0.2) is 70.2 Å². The molecule has 0 saturated heterocycles. The van der Waals surface area contributed by atoms with Gasteiger partial charge >= 0.3 is 5.97 Å². The Bertz CT molecular complexity index is 947. The first kappa shape index (κ1) is 18.3. The third kappa shape index (κ3) is 4.55. The zero-order valence-electron chi connectivity index (χ0n) is 15.1. The lowest BCUT2D eigenvalue weighted by Gasteiger charge is -2.06. The number of esters is 1. The number of ether oxygens (including phenoxy) is 2. The summed E-state index contributed by atoms with van der Waals surface area (Å²) in [5.74, 6) is 1.67. The smallest absolute Gasteiger partial charge is 0.337 e. The van der Waals surface area contributed by atoms with Crippen molar-refractivity contribution in [1.29, 1.82) is 0 Å². The van der Waals surface area contributed by atoms with Crippen LogP contribution >= 0.6 is 0 Å². The lowest BCUT2D eigenvalue weighted by molar-refractivity contribution is 0.0601. The van der Waals surface area contributed by atoms with Crippen molar-refractivity contribution in [2.75, 3.05) is 14.2 Å². The maximum atomic E-state index is 11.6. The fourth-order valence-electron chi connectivity index (χ4n) is 2.58. The number of para-hydroxylation sites is 1. The van der Waals surface area contributed by atoms with E-state index in [9.17, 15) is 4.79 Å². The first-order valence-corrected chi connectivity index (χ1v) is 8.37. The van der Waals surface area contributed by atoms with Crippen LogP contribution in [0, 0.1) is 0 Å². The second kappa shape index (κ2) is 8.71. The highest BCUT2D eigenvalue weighted by atomic mass is 16.5. The lowest BCUT2D eigenvalue weighted by atomic mass is 10.1. The van der Waals surface area contributed by atoms with Crippen molar-refractivity contribution >= 4 is 12.2 Å². The third-order valence-corrected chi connectivity index (χ3v) is 3.94. The molecule has 0 spiro atoms. The molecule has 0 unspecified atom stereocenters. The summed E-state index contributed by atoms with van der Waals surface area (Å²) in [6.45, 7) is 0.537. The van der Waals surface area contributed by atoms with Crippen LogP contribution < -0.4 is 10.2 Å². The van der Waals surface area contributed by atoms with Crippen LogP contribution in [0.2, 0.25) is 0 Å². The van der Waals surface area contributed by atoms with Gasteiger partial charge in [-0.05, 0) is 30.3 Å². The molecule has 6 heteroatoms. The Labute approximate surface area is 157 Å². The van der Waals surface area contributed by atoms with Crippen LogP contribution in [-0.2, 0) is 11.3 Å². The normalized spacial score (nSPS) is 10.7. The molecular formula is C21H20N2O4. The zero-order chi connectivity index (χ0) is 19.1. The summed E-state index contributed by atoms with van der Waals surface area (Å²) < 4.78 is 15.8. The Morgan fingerprint density at radius 1 is 1.11 bits per heavy atom. The van der Waals surface area contributed by atoms with Gasteiger partial charge in [-0.1, -0.05) is 30.3 Å². The van der Waals surface area contributed by atoms with E-state index in [2.05, 4.69) is 10.5 Å². The number of rotatable bonds is 7. The van der Waals surface area contributed by atoms with Gasteiger partial charge in [0.1, 0.15) is 17.3 Å². The fraction of sp³-hybridized carbons (Fsp3) is 0.143. The van der Waals surface area contributed by atoms with Crippen LogP contribution in [0.4, 0.5) is 0 Å². The van der Waals surface area contributed by atoms with Crippen molar-refractivity contribution in [3.63, 3.8) is 0 Å². The van der Waals surface area contributed by atoms with E-state index in [4.69, 9.17) is 13.9 Å². The number of carbonyl (C=O) groups excluding carboxylic acids is 1. The van der Waals surface area contributed by atoms with E-state index >= 15 is 0 Å². The fourth-order valence-corrected chi connectivity index (χ4v) is 2.58. The minimum Gasteiger partial charge on any atom is -0.496 e. The summed E-state index contributed by atoms with van der Waals surface area (Å²) in [5.41, 5.74) is 5.25. The lowest BCUT2D eigenvalue weighted by Crippen LogP contribution is -2.06. The zero-order valence-corrected chi connectivity index (χ0v) is 15.1. The second-order valence-electron chi connectivity index (χ2n) is 5.68. The molecule has 0 saturated carbocycles. The van der Waals surface area contributed by atoms with E-state index in [0.29, 0.717) is 23.6 Å².